The predicted octanol–water partition coefficient (Wildman–Crippen LogP) is 8.74. The van der Waals surface area contributed by atoms with Crippen molar-refractivity contribution in [2.45, 2.75) is 57.9 Å². The van der Waals surface area contributed by atoms with Crippen molar-refractivity contribution in [3.63, 3.8) is 0 Å². The molecule has 7 heteroatoms. The maximum Gasteiger partial charge on any atom is 0.249 e. The minimum atomic E-state index is -0.0287. The normalized spacial score (nSPS) is 16.5. The summed E-state index contributed by atoms with van der Waals surface area (Å²) in [6.07, 6.45) is 2.69. The molecule has 0 radical (unpaired) electrons. The summed E-state index contributed by atoms with van der Waals surface area (Å²) in [7, 11) is 0. The van der Waals surface area contributed by atoms with Crippen molar-refractivity contribution in [3.05, 3.63) is 81.8 Å². The number of benzene rings is 2. The molecule has 1 aliphatic rings. The molecule has 3 nitrogen and oxygen atoms in total. The maximum atomic E-state index is 12.5. The van der Waals surface area contributed by atoms with E-state index < -0.39 is 0 Å². The first-order chi connectivity index (χ1) is 16.0. The summed E-state index contributed by atoms with van der Waals surface area (Å²) >= 11 is 19.0. The van der Waals surface area contributed by atoms with Gasteiger partial charge in [0.15, 0.2) is 0 Å². The standard InChI is InChI=1S/C18H26ClNO2S.C6H4Cl2.C3H6/c1-5-15(12-23-18(2,3)4)20-16(10-22-11-17(20)21)13-6-8-14(19)9-7-13;7-5-2-1-3-6(8)4-5;1-3-2/h6-9,15-16H,5,10-12H2,1-4H3;1-4H;3H,1H2,2H3/t15-,16-;;/m0../s1. The third kappa shape index (κ3) is 11.5. The second-order valence-corrected chi connectivity index (χ2v) is 11.9. The molecule has 0 spiro atoms. The van der Waals surface area contributed by atoms with Crippen LogP contribution in [0.1, 0.15) is 52.6 Å². The summed E-state index contributed by atoms with van der Waals surface area (Å²) < 4.78 is 5.71. The van der Waals surface area contributed by atoms with Gasteiger partial charge in [-0.15, -0.1) is 6.58 Å². The highest BCUT2D eigenvalue weighted by Gasteiger charge is 2.35. The predicted molar refractivity (Wildman–Crippen MR) is 150 cm³/mol. The first kappa shape index (κ1) is 30.9. The zero-order valence-electron chi connectivity index (χ0n) is 20.7. The number of rotatable bonds is 5. The summed E-state index contributed by atoms with van der Waals surface area (Å²) in [6, 6.07) is 15.0. The number of carbonyl (C=O) groups is 1. The largest absolute Gasteiger partial charge is 0.369 e. The van der Waals surface area contributed by atoms with Crippen LogP contribution < -0.4 is 0 Å². The number of allylic oxidation sites excluding steroid dienone is 1. The molecule has 0 aromatic heterocycles. The van der Waals surface area contributed by atoms with Crippen molar-refractivity contribution < 1.29 is 9.53 Å². The lowest BCUT2D eigenvalue weighted by atomic mass is 10.0. The van der Waals surface area contributed by atoms with Gasteiger partial charge < -0.3 is 9.64 Å². The van der Waals surface area contributed by atoms with Crippen LogP contribution in [0.3, 0.4) is 0 Å². The lowest BCUT2D eigenvalue weighted by molar-refractivity contribution is -0.151. The van der Waals surface area contributed by atoms with E-state index in [9.17, 15) is 4.79 Å². The van der Waals surface area contributed by atoms with Gasteiger partial charge >= 0.3 is 0 Å². The number of hydrogen-bond acceptors (Lipinski definition) is 3. The number of morpholine rings is 1. The summed E-state index contributed by atoms with van der Waals surface area (Å²) in [5.74, 6) is 1.02. The van der Waals surface area contributed by atoms with Crippen molar-refractivity contribution in [1.29, 1.82) is 0 Å². The summed E-state index contributed by atoms with van der Waals surface area (Å²) in [4.78, 5) is 14.6. The fourth-order valence-corrected chi connectivity index (χ4v) is 4.84. The maximum absolute atomic E-state index is 12.5. The molecule has 0 N–H and O–H groups in total. The average molecular weight is 545 g/mol. The van der Waals surface area contributed by atoms with Gasteiger partial charge in [-0.05, 0) is 49.2 Å². The first-order valence-corrected chi connectivity index (χ1v) is 13.4. The van der Waals surface area contributed by atoms with Crippen molar-refractivity contribution in [1.82, 2.24) is 4.90 Å². The SMILES string of the molecule is C=CC.CC[C@@H](CSC(C)(C)C)N1C(=O)COC[C@H]1c1ccc(Cl)cc1.Clc1cccc(Cl)c1. The van der Waals surface area contributed by atoms with Gasteiger partial charge in [0.2, 0.25) is 5.91 Å². The summed E-state index contributed by atoms with van der Waals surface area (Å²) in [6.45, 7) is 14.8. The minimum absolute atomic E-state index is 0.0287. The number of nitrogens with zero attached hydrogens (tertiary/aromatic N) is 1. The molecule has 0 aliphatic carbocycles. The van der Waals surface area contributed by atoms with E-state index in [1.165, 1.54) is 0 Å². The number of ether oxygens (including phenoxy) is 1. The van der Waals surface area contributed by atoms with Crippen LogP contribution in [0.5, 0.6) is 0 Å². The van der Waals surface area contributed by atoms with Gasteiger partial charge in [0.1, 0.15) is 6.61 Å². The van der Waals surface area contributed by atoms with E-state index in [1.54, 1.807) is 24.3 Å². The second-order valence-electron chi connectivity index (χ2n) is 8.72. The third-order valence-corrected chi connectivity index (χ3v) is 6.88. The molecule has 188 valence electrons. The number of carbonyl (C=O) groups excluding carboxylic acids is 1. The lowest BCUT2D eigenvalue weighted by Crippen LogP contribution is -2.50. The minimum Gasteiger partial charge on any atom is -0.369 e. The fraction of sp³-hybridized carbons (Fsp3) is 0.444. The Kier molecular flexibility index (Phi) is 14.3. The smallest absolute Gasteiger partial charge is 0.249 e. The topological polar surface area (TPSA) is 29.5 Å². The van der Waals surface area contributed by atoms with Gasteiger partial charge in [0.05, 0.1) is 12.6 Å². The Morgan fingerprint density at radius 1 is 1.12 bits per heavy atom. The van der Waals surface area contributed by atoms with Crippen LogP contribution in [0.2, 0.25) is 15.1 Å². The van der Waals surface area contributed by atoms with Crippen LogP contribution in [0.15, 0.2) is 61.2 Å². The molecule has 3 rings (SSSR count). The number of amides is 1. The van der Waals surface area contributed by atoms with Gasteiger partial charge in [-0.2, -0.15) is 11.8 Å². The lowest BCUT2D eigenvalue weighted by Gasteiger charge is -2.41. The molecule has 2 aromatic rings. The summed E-state index contributed by atoms with van der Waals surface area (Å²) in [5.41, 5.74) is 1.08. The number of thioether (sulfide) groups is 1. The molecule has 0 bridgehead atoms. The molecular weight excluding hydrogens is 509 g/mol. The van der Waals surface area contributed by atoms with Gasteiger partial charge in [0, 0.05) is 31.6 Å². The number of halogens is 3. The Balaban J connectivity index is 0.000000434. The Morgan fingerprint density at radius 3 is 2.12 bits per heavy atom. The Bertz CT molecular complexity index is 867. The molecule has 0 saturated carbocycles. The van der Waals surface area contributed by atoms with Gasteiger partial charge in [-0.1, -0.05) is 86.8 Å². The van der Waals surface area contributed by atoms with Crippen molar-refractivity contribution in [2.75, 3.05) is 19.0 Å². The van der Waals surface area contributed by atoms with E-state index in [4.69, 9.17) is 39.5 Å². The molecule has 0 unspecified atom stereocenters. The van der Waals surface area contributed by atoms with Gasteiger partial charge in [0.25, 0.3) is 0 Å². The highest BCUT2D eigenvalue weighted by molar-refractivity contribution is 8.00. The second kappa shape index (κ2) is 15.7. The quantitative estimate of drug-likeness (QED) is 0.352. The van der Waals surface area contributed by atoms with Crippen LogP contribution in [-0.2, 0) is 9.53 Å². The van der Waals surface area contributed by atoms with E-state index >= 15 is 0 Å². The molecule has 1 fully saturated rings. The van der Waals surface area contributed by atoms with E-state index in [1.807, 2.05) is 53.9 Å². The molecule has 1 amide bonds. The highest BCUT2D eigenvalue weighted by Crippen LogP contribution is 2.32. The van der Waals surface area contributed by atoms with Crippen molar-refractivity contribution >= 4 is 52.5 Å². The van der Waals surface area contributed by atoms with Crippen LogP contribution in [0.4, 0.5) is 0 Å². The molecule has 2 atom stereocenters. The number of hydrogen-bond donors (Lipinski definition) is 0. The fourth-order valence-electron chi connectivity index (χ4n) is 3.19. The summed E-state index contributed by atoms with van der Waals surface area (Å²) in [5, 5.41) is 2.06. The Morgan fingerprint density at radius 2 is 1.68 bits per heavy atom. The monoisotopic (exact) mass is 543 g/mol. The Hall–Kier alpha value is -1.17. The third-order valence-electron chi connectivity index (χ3n) is 4.74. The molecular formula is C27H36Cl3NO2S. The van der Waals surface area contributed by atoms with Crippen molar-refractivity contribution in [2.24, 2.45) is 0 Å². The van der Waals surface area contributed by atoms with E-state index in [2.05, 4.69) is 34.3 Å². The van der Waals surface area contributed by atoms with E-state index in [0.717, 1.165) is 17.7 Å². The van der Waals surface area contributed by atoms with Crippen LogP contribution in [0.25, 0.3) is 0 Å². The molecule has 1 aliphatic heterocycles. The zero-order chi connectivity index (χ0) is 25.7. The molecule has 2 aromatic carbocycles. The molecule has 34 heavy (non-hydrogen) atoms. The average Bonchev–Trinajstić information content (AvgIpc) is 2.76. The van der Waals surface area contributed by atoms with E-state index in [0.29, 0.717) is 21.7 Å². The van der Waals surface area contributed by atoms with E-state index in [-0.39, 0.29) is 29.3 Å². The highest BCUT2D eigenvalue weighted by atomic mass is 35.5. The van der Waals surface area contributed by atoms with Crippen LogP contribution in [0, 0.1) is 0 Å². The Labute approximate surface area is 224 Å². The van der Waals surface area contributed by atoms with Gasteiger partial charge in [-0.3, -0.25) is 4.79 Å². The van der Waals surface area contributed by atoms with Crippen LogP contribution >= 0.6 is 46.6 Å². The molecule has 1 heterocycles. The van der Waals surface area contributed by atoms with Crippen molar-refractivity contribution in [3.8, 4) is 0 Å². The first-order valence-electron chi connectivity index (χ1n) is 11.3. The van der Waals surface area contributed by atoms with Crippen LogP contribution in [-0.4, -0.2) is 40.6 Å². The van der Waals surface area contributed by atoms with Gasteiger partial charge in [-0.25, -0.2) is 0 Å². The molecule has 1 saturated heterocycles. The zero-order valence-corrected chi connectivity index (χ0v) is 23.8.